The number of carbonyl (C=O) groups excluding carboxylic acids is 3. The van der Waals surface area contributed by atoms with Crippen LogP contribution < -0.4 is 0 Å². The summed E-state index contributed by atoms with van der Waals surface area (Å²) in [6.45, 7) is 9.87. The standard InChI is InChI=1S/C23H32O6/c1-12(2)18-16-8-7-14(4)20-15(11-17(24)28-20)19(25)13(3)9-10-23(16,5)29-22(26)21(18)27-6/h7,12-13,15-16,20H,8-11H2,1-6H3. The fourth-order valence-electron chi connectivity index (χ4n) is 5.05. The van der Waals surface area contributed by atoms with E-state index in [1.54, 1.807) is 0 Å². The molecule has 5 unspecified atom stereocenters. The molecule has 6 nitrogen and oxygen atoms in total. The number of Topliss-reactive ketones (excluding diaryl/α,β-unsaturated/α-hetero) is 1. The lowest BCUT2D eigenvalue weighted by Crippen LogP contribution is -2.47. The maximum atomic E-state index is 13.1. The number of allylic oxidation sites excluding steroid dienone is 1. The van der Waals surface area contributed by atoms with E-state index in [1.807, 2.05) is 26.8 Å². The van der Waals surface area contributed by atoms with Crippen LogP contribution in [0.1, 0.15) is 60.3 Å². The molecule has 3 rings (SSSR count). The Balaban J connectivity index is 2.08. The lowest BCUT2D eigenvalue weighted by atomic mass is 9.71. The molecule has 5 atom stereocenters. The number of ether oxygens (including phenoxy) is 3. The van der Waals surface area contributed by atoms with Gasteiger partial charge < -0.3 is 14.2 Å². The van der Waals surface area contributed by atoms with E-state index >= 15 is 0 Å². The zero-order valence-corrected chi connectivity index (χ0v) is 18.2. The predicted molar refractivity (Wildman–Crippen MR) is 107 cm³/mol. The molecular formula is C23H32O6. The van der Waals surface area contributed by atoms with Crippen molar-refractivity contribution in [2.75, 3.05) is 7.11 Å². The highest BCUT2D eigenvalue weighted by atomic mass is 16.6. The van der Waals surface area contributed by atoms with Crippen molar-refractivity contribution in [1.29, 1.82) is 0 Å². The molecule has 0 N–H and O–H groups in total. The molecule has 1 fully saturated rings. The first-order chi connectivity index (χ1) is 13.6. The Labute approximate surface area is 172 Å². The summed E-state index contributed by atoms with van der Waals surface area (Å²) < 4.78 is 16.9. The Morgan fingerprint density at radius 1 is 1.24 bits per heavy atom. The number of hydrogen-bond donors (Lipinski definition) is 0. The molecule has 0 radical (unpaired) electrons. The third kappa shape index (κ3) is 3.86. The Morgan fingerprint density at radius 3 is 2.55 bits per heavy atom. The molecule has 0 bridgehead atoms. The first-order valence-corrected chi connectivity index (χ1v) is 10.5. The molecule has 0 aromatic rings. The molecule has 0 saturated carbocycles. The highest BCUT2D eigenvalue weighted by Crippen LogP contribution is 2.46. The van der Waals surface area contributed by atoms with Crippen LogP contribution in [0.15, 0.2) is 23.0 Å². The van der Waals surface area contributed by atoms with Gasteiger partial charge in [0.25, 0.3) is 0 Å². The number of methoxy groups -OCH3 is 1. The molecule has 6 heteroatoms. The maximum Gasteiger partial charge on any atom is 0.374 e. The number of fused-ring (bicyclic) bond motifs is 2. The molecule has 29 heavy (non-hydrogen) atoms. The van der Waals surface area contributed by atoms with E-state index in [4.69, 9.17) is 14.2 Å². The van der Waals surface area contributed by atoms with Crippen LogP contribution in [0.3, 0.4) is 0 Å². The van der Waals surface area contributed by atoms with E-state index in [0.717, 1.165) is 11.1 Å². The van der Waals surface area contributed by atoms with Gasteiger partial charge in [0, 0.05) is 11.8 Å². The molecule has 0 aromatic heterocycles. The SMILES string of the molecule is COC1=C(C(C)C)C2CC=C(C)C3OC(=O)CC3C(=O)C(C)CCC2(C)OC1=O. The molecule has 0 amide bonds. The Bertz CT molecular complexity index is 776. The van der Waals surface area contributed by atoms with Crippen LogP contribution in [0.4, 0.5) is 0 Å². The summed E-state index contributed by atoms with van der Waals surface area (Å²) in [6.07, 6.45) is 3.46. The second-order valence-electron chi connectivity index (χ2n) is 9.15. The minimum atomic E-state index is -0.722. The Kier molecular flexibility index (Phi) is 5.93. The summed E-state index contributed by atoms with van der Waals surface area (Å²) in [6, 6.07) is 0. The second kappa shape index (κ2) is 7.96. The maximum absolute atomic E-state index is 13.1. The van der Waals surface area contributed by atoms with E-state index in [-0.39, 0.29) is 41.7 Å². The minimum absolute atomic E-state index is 0.0509. The molecule has 3 aliphatic rings. The first-order valence-electron chi connectivity index (χ1n) is 10.5. The van der Waals surface area contributed by atoms with Crippen molar-refractivity contribution in [3.8, 4) is 0 Å². The average Bonchev–Trinajstić information content (AvgIpc) is 3.04. The van der Waals surface area contributed by atoms with Crippen molar-refractivity contribution in [3.63, 3.8) is 0 Å². The van der Waals surface area contributed by atoms with Gasteiger partial charge in [0.2, 0.25) is 5.76 Å². The zero-order chi connectivity index (χ0) is 21.5. The quantitative estimate of drug-likeness (QED) is 0.515. The number of ketones is 1. The molecule has 1 saturated heterocycles. The van der Waals surface area contributed by atoms with E-state index in [2.05, 4.69) is 13.8 Å². The van der Waals surface area contributed by atoms with Crippen LogP contribution in [-0.4, -0.2) is 36.5 Å². The van der Waals surface area contributed by atoms with E-state index < -0.39 is 23.6 Å². The Morgan fingerprint density at radius 2 is 1.93 bits per heavy atom. The van der Waals surface area contributed by atoms with Gasteiger partial charge in [0.1, 0.15) is 17.5 Å². The van der Waals surface area contributed by atoms with Gasteiger partial charge in [-0.15, -0.1) is 0 Å². The molecule has 0 aromatic carbocycles. The third-order valence-electron chi connectivity index (χ3n) is 6.77. The van der Waals surface area contributed by atoms with Gasteiger partial charge in [-0.1, -0.05) is 26.8 Å². The molecule has 2 aliphatic heterocycles. The van der Waals surface area contributed by atoms with Crippen molar-refractivity contribution in [2.45, 2.75) is 72.0 Å². The number of esters is 2. The molecule has 160 valence electrons. The lowest BCUT2D eigenvalue weighted by Gasteiger charge is -2.43. The summed E-state index contributed by atoms with van der Waals surface area (Å²) in [5.41, 5.74) is 1.11. The van der Waals surface area contributed by atoms with E-state index in [9.17, 15) is 14.4 Å². The fraction of sp³-hybridized carbons (Fsp3) is 0.696. The smallest absolute Gasteiger partial charge is 0.374 e. The number of carbonyl (C=O) groups is 3. The first kappa shape index (κ1) is 21.6. The van der Waals surface area contributed by atoms with Gasteiger partial charge in [0.05, 0.1) is 19.4 Å². The number of hydrogen-bond acceptors (Lipinski definition) is 6. The summed E-state index contributed by atoms with van der Waals surface area (Å²) in [5, 5.41) is 0. The summed E-state index contributed by atoms with van der Waals surface area (Å²) in [4.78, 5) is 37.7. The van der Waals surface area contributed by atoms with Crippen LogP contribution in [0.2, 0.25) is 0 Å². The molecule has 0 spiro atoms. The average molecular weight is 405 g/mol. The monoisotopic (exact) mass is 404 g/mol. The van der Waals surface area contributed by atoms with Crippen LogP contribution in [0.5, 0.6) is 0 Å². The van der Waals surface area contributed by atoms with Gasteiger partial charge >= 0.3 is 11.9 Å². The summed E-state index contributed by atoms with van der Waals surface area (Å²) in [7, 11) is 1.50. The second-order valence-corrected chi connectivity index (χ2v) is 9.15. The summed E-state index contributed by atoms with van der Waals surface area (Å²) >= 11 is 0. The lowest BCUT2D eigenvalue weighted by molar-refractivity contribution is -0.167. The van der Waals surface area contributed by atoms with E-state index in [1.165, 1.54) is 7.11 Å². The third-order valence-corrected chi connectivity index (χ3v) is 6.77. The highest BCUT2D eigenvalue weighted by Gasteiger charge is 2.49. The van der Waals surface area contributed by atoms with Crippen LogP contribution in [0.25, 0.3) is 0 Å². The Hall–Kier alpha value is -2.11. The topological polar surface area (TPSA) is 78.9 Å². The van der Waals surface area contributed by atoms with Crippen molar-refractivity contribution in [1.82, 2.24) is 0 Å². The van der Waals surface area contributed by atoms with Gasteiger partial charge in [-0.05, 0) is 50.2 Å². The molecule has 2 heterocycles. The molecule has 1 aliphatic carbocycles. The fourth-order valence-corrected chi connectivity index (χ4v) is 5.05. The normalized spacial score (nSPS) is 36.0. The number of rotatable bonds is 2. The van der Waals surface area contributed by atoms with Crippen molar-refractivity contribution < 1.29 is 28.6 Å². The van der Waals surface area contributed by atoms with Crippen LogP contribution in [-0.2, 0) is 28.6 Å². The minimum Gasteiger partial charge on any atom is -0.490 e. The van der Waals surface area contributed by atoms with Crippen LogP contribution in [0, 0.1) is 23.7 Å². The largest absolute Gasteiger partial charge is 0.490 e. The van der Waals surface area contributed by atoms with Crippen molar-refractivity contribution in [3.05, 3.63) is 23.0 Å². The highest BCUT2D eigenvalue weighted by molar-refractivity contribution is 5.90. The van der Waals surface area contributed by atoms with Gasteiger partial charge in [-0.25, -0.2) is 4.79 Å². The van der Waals surface area contributed by atoms with Gasteiger partial charge in [-0.2, -0.15) is 0 Å². The van der Waals surface area contributed by atoms with Crippen molar-refractivity contribution in [2.24, 2.45) is 23.7 Å². The van der Waals surface area contributed by atoms with Gasteiger partial charge in [0.15, 0.2) is 0 Å². The van der Waals surface area contributed by atoms with E-state index in [0.29, 0.717) is 19.3 Å². The van der Waals surface area contributed by atoms with Crippen molar-refractivity contribution >= 4 is 17.7 Å². The van der Waals surface area contributed by atoms with Crippen LogP contribution >= 0.6 is 0 Å². The molecular weight excluding hydrogens is 372 g/mol. The van der Waals surface area contributed by atoms with Gasteiger partial charge in [-0.3, -0.25) is 9.59 Å². The predicted octanol–water partition coefficient (Wildman–Crippen LogP) is 3.74. The zero-order valence-electron chi connectivity index (χ0n) is 18.2. The summed E-state index contributed by atoms with van der Waals surface area (Å²) in [5.74, 6) is -1.04.